The van der Waals surface area contributed by atoms with Crippen molar-refractivity contribution >= 4 is 0 Å². The summed E-state index contributed by atoms with van der Waals surface area (Å²) in [6.07, 6.45) is 6.92. The fourth-order valence-electron chi connectivity index (χ4n) is 3.33. The highest BCUT2D eigenvalue weighted by atomic mass is 16.5. The van der Waals surface area contributed by atoms with Gasteiger partial charge in [0.1, 0.15) is 0 Å². The molecule has 1 aliphatic rings. The highest BCUT2D eigenvalue weighted by Crippen LogP contribution is 2.28. The molecule has 4 atom stereocenters. The Kier molecular flexibility index (Phi) is 6.24. The van der Waals surface area contributed by atoms with E-state index in [1.54, 1.807) is 0 Å². The van der Waals surface area contributed by atoms with Crippen molar-refractivity contribution < 1.29 is 4.74 Å². The standard InChI is InChI=1S/C17H31N3O/c1-5-13(4)20-10-8-14(19-20)12-16(18-7-3)15-9-11-21-17(15)6-2/h8,10,13,15-18H,5-7,9,11-12H2,1-4H3. The zero-order valence-electron chi connectivity index (χ0n) is 14.0. The van der Waals surface area contributed by atoms with Crippen LogP contribution in [0, 0.1) is 5.92 Å². The van der Waals surface area contributed by atoms with Crippen LogP contribution >= 0.6 is 0 Å². The van der Waals surface area contributed by atoms with Gasteiger partial charge in [-0.3, -0.25) is 4.68 Å². The maximum absolute atomic E-state index is 5.87. The summed E-state index contributed by atoms with van der Waals surface area (Å²) in [5, 5.41) is 8.42. The quantitative estimate of drug-likeness (QED) is 0.800. The molecule has 1 aromatic heterocycles. The average Bonchev–Trinajstić information content (AvgIpc) is 3.14. The van der Waals surface area contributed by atoms with Gasteiger partial charge >= 0.3 is 0 Å². The fourth-order valence-corrected chi connectivity index (χ4v) is 3.33. The second-order valence-corrected chi connectivity index (χ2v) is 6.18. The second kappa shape index (κ2) is 7.95. The summed E-state index contributed by atoms with van der Waals surface area (Å²) in [6.45, 7) is 10.7. The molecule has 2 heterocycles. The van der Waals surface area contributed by atoms with Crippen molar-refractivity contribution in [3.05, 3.63) is 18.0 Å². The largest absolute Gasteiger partial charge is 0.378 e. The van der Waals surface area contributed by atoms with Gasteiger partial charge in [-0.1, -0.05) is 20.8 Å². The molecule has 1 N–H and O–H groups in total. The Labute approximate surface area is 129 Å². The lowest BCUT2D eigenvalue weighted by Gasteiger charge is -2.27. The molecule has 1 aliphatic heterocycles. The van der Waals surface area contributed by atoms with Gasteiger partial charge in [-0.05, 0) is 38.8 Å². The predicted octanol–water partition coefficient (Wildman–Crippen LogP) is 3.19. The van der Waals surface area contributed by atoms with Gasteiger partial charge in [0.25, 0.3) is 0 Å². The molecular formula is C17H31N3O. The number of ether oxygens (including phenoxy) is 1. The van der Waals surface area contributed by atoms with E-state index >= 15 is 0 Å². The molecule has 0 radical (unpaired) electrons. The van der Waals surface area contributed by atoms with Crippen LogP contribution in [0.3, 0.4) is 0 Å². The van der Waals surface area contributed by atoms with E-state index in [1.165, 1.54) is 12.1 Å². The van der Waals surface area contributed by atoms with Crippen LogP contribution < -0.4 is 5.32 Å². The Morgan fingerprint density at radius 1 is 1.43 bits per heavy atom. The van der Waals surface area contributed by atoms with E-state index in [1.807, 2.05) is 0 Å². The van der Waals surface area contributed by atoms with Crippen LogP contribution in [0.15, 0.2) is 12.3 Å². The summed E-state index contributed by atoms with van der Waals surface area (Å²) in [6, 6.07) is 3.13. The minimum atomic E-state index is 0.408. The summed E-state index contributed by atoms with van der Waals surface area (Å²) < 4.78 is 7.97. The lowest BCUT2D eigenvalue weighted by atomic mass is 9.88. The zero-order valence-corrected chi connectivity index (χ0v) is 14.0. The third kappa shape index (κ3) is 4.07. The molecule has 0 bridgehead atoms. The molecule has 4 unspecified atom stereocenters. The molecule has 2 rings (SSSR count). The van der Waals surface area contributed by atoms with Gasteiger partial charge in [-0.15, -0.1) is 0 Å². The Hall–Kier alpha value is -0.870. The van der Waals surface area contributed by atoms with E-state index in [2.05, 4.69) is 50.0 Å². The van der Waals surface area contributed by atoms with Crippen molar-refractivity contribution in [1.82, 2.24) is 15.1 Å². The molecule has 0 spiro atoms. The normalized spacial score (nSPS) is 25.1. The monoisotopic (exact) mass is 293 g/mol. The summed E-state index contributed by atoms with van der Waals surface area (Å²) in [5.41, 5.74) is 1.20. The van der Waals surface area contributed by atoms with Crippen molar-refractivity contribution in [3.63, 3.8) is 0 Å². The number of nitrogens with one attached hydrogen (secondary N) is 1. The number of hydrogen-bond acceptors (Lipinski definition) is 3. The molecule has 21 heavy (non-hydrogen) atoms. The van der Waals surface area contributed by atoms with Gasteiger partial charge < -0.3 is 10.1 Å². The summed E-state index contributed by atoms with van der Waals surface area (Å²) in [7, 11) is 0. The molecule has 1 fully saturated rings. The van der Waals surface area contributed by atoms with E-state index in [-0.39, 0.29) is 0 Å². The van der Waals surface area contributed by atoms with Gasteiger partial charge in [0.2, 0.25) is 0 Å². The van der Waals surface area contributed by atoms with Crippen LogP contribution in [-0.2, 0) is 11.2 Å². The summed E-state index contributed by atoms with van der Waals surface area (Å²) in [4.78, 5) is 0. The Bertz CT molecular complexity index is 418. The first-order chi connectivity index (χ1) is 10.2. The van der Waals surface area contributed by atoms with E-state index in [0.717, 1.165) is 32.4 Å². The molecular weight excluding hydrogens is 262 g/mol. The van der Waals surface area contributed by atoms with Gasteiger partial charge in [0.05, 0.1) is 11.8 Å². The molecule has 0 aromatic carbocycles. The van der Waals surface area contributed by atoms with Gasteiger partial charge in [-0.2, -0.15) is 5.10 Å². The lowest BCUT2D eigenvalue weighted by Crippen LogP contribution is -2.41. The lowest BCUT2D eigenvalue weighted by molar-refractivity contribution is 0.0775. The van der Waals surface area contributed by atoms with Crippen LogP contribution in [0.4, 0.5) is 0 Å². The Balaban J connectivity index is 2.03. The summed E-state index contributed by atoms with van der Waals surface area (Å²) >= 11 is 0. The number of hydrogen-bond donors (Lipinski definition) is 1. The summed E-state index contributed by atoms with van der Waals surface area (Å²) in [5.74, 6) is 0.615. The maximum Gasteiger partial charge on any atom is 0.0640 e. The van der Waals surface area contributed by atoms with Crippen molar-refractivity contribution in [2.45, 2.75) is 71.6 Å². The second-order valence-electron chi connectivity index (χ2n) is 6.18. The first-order valence-electron chi connectivity index (χ1n) is 8.58. The highest BCUT2D eigenvalue weighted by molar-refractivity contribution is 5.04. The topological polar surface area (TPSA) is 39.1 Å². The van der Waals surface area contributed by atoms with Crippen LogP contribution in [0.5, 0.6) is 0 Å². The van der Waals surface area contributed by atoms with Crippen LogP contribution in [0.1, 0.15) is 58.7 Å². The highest BCUT2D eigenvalue weighted by Gasteiger charge is 2.33. The SMILES string of the molecule is CCNC(Cc1ccn(C(C)CC)n1)C1CCOC1CC. The molecule has 0 amide bonds. The minimum Gasteiger partial charge on any atom is -0.378 e. The van der Waals surface area contributed by atoms with E-state index in [0.29, 0.717) is 24.1 Å². The number of aromatic nitrogens is 2. The smallest absolute Gasteiger partial charge is 0.0640 e. The Morgan fingerprint density at radius 3 is 2.90 bits per heavy atom. The van der Waals surface area contributed by atoms with Crippen LogP contribution in [0.2, 0.25) is 0 Å². The predicted molar refractivity (Wildman–Crippen MR) is 86.5 cm³/mol. The van der Waals surface area contributed by atoms with Gasteiger partial charge in [-0.25, -0.2) is 0 Å². The van der Waals surface area contributed by atoms with Crippen LogP contribution in [0.25, 0.3) is 0 Å². The molecule has 4 nitrogen and oxygen atoms in total. The third-order valence-corrected chi connectivity index (χ3v) is 4.78. The first kappa shape index (κ1) is 16.5. The van der Waals surface area contributed by atoms with E-state index in [4.69, 9.17) is 9.84 Å². The van der Waals surface area contributed by atoms with Gasteiger partial charge in [0.15, 0.2) is 0 Å². The zero-order chi connectivity index (χ0) is 15.2. The molecule has 4 heteroatoms. The number of rotatable bonds is 8. The van der Waals surface area contributed by atoms with Crippen molar-refractivity contribution in [2.24, 2.45) is 5.92 Å². The number of likely N-dealkylation sites (N-methyl/N-ethyl adjacent to an activating group) is 1. The molecule has 120 valence electrons. The minimum absolute atomic E-state index is 0.408. The Morgan fingerprint density at radius 2 is 2.24 bits per heavy atom. The van der Waals surface area contributed by atoms with Crippen molar-refractivity contribution in [1.29, 1.82) is 0 Å². The first-order valence-corrected chi connectivity index (χ1v) is 8.58. The average molecular weight is 293 g/mol. The molecule has 0 saturated carbocycles. The van der Waals surface area contributed by atoms with Gasteiger partial charge in [0, 0.05) is 37.2 Å². The third-order valence-electron chi connectivity index (χ3n) is 4.78. The molecule has 1 aromatic rings. The van der Waals surface area contributed by atoms with Crippen LogP contribution in [-0.4, -0.2) is 35.1 Å². The van der Waals surface area contributed by atoms with E-state index < -0.39 is 0 Å². The fraction of sp³-hybridized carbons (Fsp3) is 0.824. The maximum atomic E-state index is 5.87. The number of nitrogens with zero attached hydrogens (tertiary/aromatic N) is 2. The van der Waals surface area contributed by atoms with Crippen molar-refractivity contribution in [3.8, 4) is 0 Å². The van der Waals surface area contributed by atoms with E-state index in [9.17, 15) is 0 Å². The molecule has 0 aliphatic carbocycles. The molecule has 1 saturated heterocycles. The van der Waals surface area contributed by atoms with Crippen molar-refractivity contribution in [2.75, 3.05) is 13.2 Å².